The van der Waals surface area contributed by atoms with Crippen LogP contribution in [-0.4, -0.2) is 40.5 Å². The Morgan fingerprint density at radius 3 is 2.81 bits per heavy atom. The van der Waals surface area contributed by atoms with Crippen molar-refractivity contribution in [1.29, 1.82) is 0 Å². The van der Waals surface area contributed by atoms with Crippen LogP contribution in [0, 0.1) is 16.0 Å². The van der Waals surface area contributed by atoms with Crippen LogP contribution in [0.1, 0.15) is 23.2 Å². The summed E-state index contributed by atoms with van der Waals surface area (Å²) in [6.07, 6.45) is 1.46. The number of hydrogen-bond donors (Lipinski definition) is 1. The van der Waals surface area contributed by atoms with E-state index in [0.29, 0.717) is 19.5 Å². The maximum absolute atomic E-state index is 12.4. The summed E-state index contributed by atoms with van der Waals surface area (Å²) < 4.78 is 0. The smallest absolute Gasteiger partial charge is 0.290 e. The highest BCUT2D eigenvalue weighted by Crippen LogP contribution is 2.34. The molecule has 8 heteroatoms. The summed E-state index contributed by atoms with van der Waals surface area (Å²) in [5.74, 6) is -0.0474. The molecule has 0 bridgehead atoms. The minimum absolute atomic E-state index is 0.0136. The lowest BCUT2D eigenvalue weighted by molar-refractivity contribution is -0.384. The molecule has 1 fully saturated rings. The average molecular weight is 333 g/mol. The highest BCUT2D eigenvalue weighted by atomic mass is 35.5. The summed E-state index contributed by atoms with van der Waals surface area (Å²) in [6, 6.07) is 2.49. The predicted octanol–water partition coefficient (Wildman–Crippen LogP) is 2.75. The zero-order valence-electron chi connectivity index (χ0n) is 11.1. The van der Waals surface area contributed by atoms with Crippen LogP contribution in [0.5, 0.6) is 0 Å². The van der Waals surface area contributed by atoms with Gasteiger partial charge in [0.25, 0.3) is 11.6 Å². The van der Waals surface area contributed by atoms with E-state index in [-0.39, 0.29) is 39.7 Å². The lowest BCUT2D eigenvalue weighted by Crippen LogP contribution is -2.28. The number of likely N-dealkylation sites (tertiary alicyclic amines) is 1. The first-order valence-electron chi connectivity index (χ1n) is 6.47. The maximum Gasteiger partial charge on any atom is 0.290 e. The number of amides is 1. The molecule has 1 aromatic rings. The van der Waals surface area contributed by atoms with Crippen LogP contribution in [-0.2, 0) is 0 Å². The zero-order chi connectivity index (χ0) is 15.6. The van der Waals surface area contributed by atoms with Gasteiger partial charge in [-0.2, -0.15) is 0 Å². The van der Waals surface area contributed by atoms with Gasteiger partial charge < -0.3 is 10.0 Å². The van der Waals surface area contributed by atoms with Gasteiger partial charge in [0.15, 0.2) is 0 Å². The van der Waals surface area contributed by atoms with Crippen molar-refractivity contribution in [1.82, 2.24) is 4.90 Å². The second kappa shape index (κ2) is 6.60. The summed E-state index contributed by atoms with van der Waals surface area (Å²) in [6.45, 7) is 1.19. The molecule has 114 valence electrons. The molecule has 0 aromatic heterocycles. The number of rotatable bonds is 4. The molecule has 1 heterocycles. The van der Waals surface area contributed by atoms with E-state index >= 15 is 0 Å². The molecule has 1 aromatic carbocycles. The molecule has 1 aliphatic heterocycles. The van der Waals surface area contributed by atoms with Gasteiger partial charge in [0.2, 0.25) is 0 Å². The van der Waals surface area contributed by atoms with Crippen molar-refractivity contribution in [2.24, 2.45) is 5.92 Å². The molecule has 6 nitrogen and oxygen atoms in total. The minimum atomic E-state index is -0.663. The van der Waals surface area contributed by atoms with E-state index in [1.54, 1.807) is 4.90 Å². The molecular formula is C13H14Cl2N2O4. The van der Waals surface area contributed by atoms with Crippen molar-refractivity contribution in [3.8, 4) is 0 Å². The van der Waals surface area contributed by atoms with Crippen LogP contribution in [0.15, 0.2) is 12.1 Å². The van der Waals surface area contributed by atoms with Gasteiger partial charge in [-0.05, 0) is 24.8 Å². The molecule has 1 aliphatic rings. The summed E-state index contributed by atoms with van der Waals surface area (Å²) >= 11 is 11.6. The van der Waals surface area contributed by atoms with Crippen molar-refractivity contribution in [2.75, 3.05) is 19.7 Å². The zero-order valence-corrected chi connectivity index (χ0v) is 12.6. The van der Waals surface area contributed by atoms with Crippen LogP contribution in [0.4, 0.5) is 5.69 Å². The second-order valence-electron chi connectivity index (χ2n) is 4.97. The van der Waals surface area contributed by atoms with Gasteiger partial charge in [-0.1, -0.05) is 23.2 Å². The molecule has 1 atom stereocenters. The Morgan fingerprint density at radius 1 is 1.48 bits per heavy atom. The minimum Gasteiger partial charge on any atom is -0.396 e. The Morgan fingerprint density at radius 2 is 2.19 bits per heavy atom. The number of carbonyl (C=O) groups is 1. The van der Waals surface area contributed by atoms with Gasteiger partial charge in [0, 0.05) is 31.3 Å². The Hall–Kier alpha value is -1.37. The normalized spacial score (nSPS) is 18.0. The third-order valence-electron chi connectivity index (χ3n) is 3.56. The molecule has 1 amide bonds. The fourth-order valence-electron chi connectivity index (χ4n) is 2.45. The molecular weight excluding hydrogens is 319 g/mol. The van der Waals surface area contributed by atoms with E-state index < -0.39 is 4.92 Å². The van der Waals surface area contributed by atoms with Crippen molar-refractivity contribution < 1.29 is 14.8 Å². The number of hydrogen-bond acceptors (Lipinski definition) is 4. The molecule has 21 heavy (non-hydrogen) atoms. The van der Waals surface area contributed by atoms with Gasteiger partial charge in [0.1, 0.15) is 5.02 Å². The Balaban J connectivity index is 2.22. The van der Waals surface area contributed by atoms with E-state index in [0.717, 1.165) is 12.5 Å². The highest BCUT2D eigenvalue weighted by molar-refractivity contribution is 6.43. The SMILES string of the molecule is O=C(c1cc(Cl)c(Cl)c([N+](=O)[O-])c1)N1CCC(CCO)C1. The Bertz CT molecular complexity index is 580. The van der Waals surface area contributed by atoms with E-state index in [1.165, 1.54) is 6.07 Å². The summed E-state index contributed by atoms with van der Waals surface area (Å²) in [5.41, 5.74) is -0.223. The first-order chi connectivity index (χ1) is 9.93. The number of aliphatic hydroxyl groups is 1. The van der Waals surface area contributed by atoms with E-state index in [1.807, 2.05) is 0 Å². The molecule has 0 aliphatic carbocycles. The van der Waals surface area contributed by atoms with Crippen molar-refractivity contribution >= 4 is 34.8 Å². The Kier molecular flexibility index (Phi) is 5.03. The van der Waals surface area contributed by atoms with E-state index in [9.17, 15) is 14.9 Å². The Labute approximate surface area is 131 Å². The van der Waals surface area contributed by atoms with Crippen molar-refractivity contribution in [3.05, 3.63) is 37.9 Å². The predicted molar refractivity (Wildman–Crippen MR) is 78.8 cm³/mol. The standard InChI is InChI=1S/C13H14Cl2N2O4/c14-10-5-9(6-11(12(10)15)17(20)21)13(19)16-3-1-8(7-16)2-4-18/h5-6,8,18H,1-4,7H2. The quantitative estimate of drug-likeness (QED) is 0.678. The van der Waals surface area contributed by atoms with Gasteiger partial charge in [-0.3, -0.25) is 14.9 Å². The average Bonchev–Trinajstić information content (AvgIpc) is 2.89. The monoisotopic (exact) mass is 332 g/mol. The largest absolute Gasteiger partial charge is 0.396 e. The van der Waals surface area contributed by atoms with Crippen LogP contribution in [0.3, 0.4) is 0 Å². The number of nitrogens with zero attached hydrogens (tertiary/aromatic N) is 2. The first kappa shape index (κ1) is 16.0. The van der Waals surface area contributed by atoms with Crippen LogP contribution >= 0.6 is 23.2 Å². The lowest BCUT2D eigenvalue weighted by Gasteiger charge is -2.16. The van der Waals surface area contributed by atoms with Crippen LogP contribution in [0.25, 0.3) is 0 Å². The molecule has 0 saturated carbocycles. The van der Waals surface area contributed by atoms with E-state index in [4.69, 9.17) is 28.3 Å². The van der Waals surface area contributed by atoms with Gasteiger partial charge >= 0.3 is 0 Å². The van der Waals surface area contributed by atoms with E-state index in [2.05, 4.69) is 0 Å². The topological polar surface area (TPSA) is 83.7 Å². The number of halogens is 2. The highest BCUT2D eigenvalue weighted by Gasteiger charge is 2.28. The number of nitro groups is 1. The molecule has 2 rings (SSSR count). The third kappa shape index (κ3) is 3.45. The number of aliphatic hydroxyl groups excluding tert-OH is 1. The van der Waals surface area contributed by atoms with Crippen LogP contribution < -0.4 is 0 Å². The number of benzene rings is 1. The second-order valence-corrected chi connectivity index (χ2v) is 5.75. The fraction of sp³-hybridized carbons (Fsp3) is 0.462. The maximum atomic E-state index is 12.4. The third-order valence-corrected chi connectivity index (χ3v) is 4.36. The van der Waals surface area contributed by atoms with Crippen molar-refractivity contribution in [2.45, 2.75) is 12.8 Å². The van der Waals surface area contributed by atoms with Gasteiger partial charge in [0.05, 0.1) is 9.95 Å². The lowest BCUT2D eigenvalue weighted by atomic mass is 10.1. The fourth-order valence-corrected chi connectivity index (χ4v) is 2.84. The molecule has 0 radical (unpaired) electrons. The first-order valence-corrected chi connectivity index (χ1v) is 7.23. The van der Waals surface area contributed by atoms with Crippen molar-refractivity contribution in [3.63, 3.8) is 0 Å². The number of carbonyl (C=O) groups excluding carboxylic acids is 1. The summed E-state index contributed by atoms with van der Waals surface area (Å²) in [7, 11) is 0. The molecule has 1 N–H and O–H groups in total. The van der Waals surface area contributed by atoms with Gasteiger partial charge in [-0.15, -0.1) is 0 Å². The number of nitro benzene ring substituents is 1. The molecule has 1 unspecified atom stereocenters. The summed E-state index contributed by atoms with van der Waals surface area (Å²) in [5, 5.41) is 19.7. The van der Waals surface area contributed by atoms with Gasteiger partial charge in [-0.25, -0.2) is 0 Å². The summed E-state index contributed by atoms with van der Waals surface area (Å²) in [4.78, 5) is 24.2. The van der Waals surface area contributed by atoms with Crippen LogP contribution in [0.2, 0.25) is 10.0 Å². The molecule has 0 spiro atoms. The molecule has 1 saturated heterocycles.